The third kappa shape index (κ3) is 40.5. The second-order valence-corrected chi connectivity index (χ2v) is 13.9. The highest BCUT2D eigenvalue weighted by Crippen LogP contribution is 2.13. The number of hydrogen-bond donors (Lipinski definition) is 7. The first-order valence-corrected chi connectivity index (χ1v) is 21.8. The van der Waals surface area contributed by atoms with Crippen molar-refractivity contribution in [2.45, 2.75) is 93.7 Å². The van der Waals surface area contributed by atoms with Crippen molar-refractivity contribution in [3.05, 3.63) is 210 Å². The van der Waals surface area contributed by atoms with Crippen molar-refractivity contribution in [3.63, 3.8) is 0 Å². The first-order chi connectivity index (χ1) is 28.3. The molecule has 0 saturated carbocycles. The molecule has 7 rings (SSSR count). The van der Waals surface area contributed by atoms with Crippen LogP contribution in [-0.2, 0) is 0 Å². The van der Waals surface area contributed by atoms with Crippen LogP contribution in [0.5, 0.6) is 11.5 Å². The van der Waals surface area contributed by atoms with Crippen molar-refractivity contribution >= 4 is 63.1 Å². The van der Waals surface area contributed by atoms with Gasteiger partial charge in [0.1, 0.15) is 11.5 Å². The van der Waals surface area contributed by atoms with Crippen molar-refractivity contribution < 1.29 is 10.2 Å². The number of aromatic hydroxyl groups is 2. The van der Waals surface area contributed by atoms with Gasteiger partial charge in [-0.1, -0.05) is 167 Å². The highest BCUT2D eigenvalue weighted by Gasteiger charge is 1.85. The Bertz CT molecular complexity index is 1610. The normalized spacial score (nSPS) is 8.39. The van der Waals surface area contributed by atoms with E-state index < -0.39 is 0 Å². The minimum absolute atomic E-state index is 0.262. The summed E-state index contributed by atoms with van der Waals surface area (Å²) in [6.07, 6.45) is 0. The van der Waals surface area contributed by atoms with Crippen LogP contribution >= 0.6 is 63.1 Å². The summed E-state index contributed by atoms with van der Waals surface area (Å²) >= 11 is 20.4. The Balaban J connectivity index is -0.000000607. The van der Waals surface area contributed by atoms with Crippen LogP contribution in [0.2, 0.25) is 0 Å². The van der Waals surface area contributed by atoms with Gasteiger partial charge in [0.15, 0.2) is 0 Å². The lowest BCUT2D eigenvalue weighted by atomic mass is 10.2. The van der Waals surface area contributed by atoms with Crippen molar-refractivity contribution in [3.8, 4) is 11.5 Å². The topological polar surface area (TPSA) is 40.5 Å². The van der Waals surface area contributed by atoms with E-state index in [2.05, 4.69) is 114 Å². The van der Waals surface area contributed by atoms with Gasteiger partial charge < -0.3 is 10.2 Å². The zero-order chi connectivity index (χ0) is 45.3. The molecule has 2 nitrogen and oxygen atoms in total. The van der Waals surface area contributed by atoms with Crippen molar-refractivity contribution in [1.29, 1.82) is 0 Å². The van der Waals surface area contributed by atoms with Crippen LogP contribution in [0.1, 0.15) is 63.8 Å². The summed E-state index contributed by atoms with van der Waals surface area (Å²) in [5, 5.41) is 17.6. The van der Waals surface area contributed by atoms with Gasteiger partial charge in [0.05, 0.1) is 0 Å². The first kappa shape index (κ1) is 59.2. The van der Waals surface area contributed by atoms with Crippen LogP contribution in [0.25, 0.3) is 0 Å². The molecule has 7 aromatic carbocycles. The number of rotatable bonds is 0. The average Bonchev–Trinajstić information content (AvgIpc) is 3.22. The van der Waals surface area contributed by atoms with E-state index in [1.807, 2.05) is 176 Å². The first-order valence-electron chi connectivity index (χ1n) is 19.6. The molecule has 7 heteroatoms. The van der Waals surface area contributed by atoms with E-state index in [0.717, 1.165) is 30.0 Å². The van der Waals surface area contributed by atoms with E-state index in [1.165, 1.54) is 16.7 Å². The monoisotopic (exact) mass is 884 g/mol. The SMILES string of the molecule is CC.CC.CC.Cc1cccc(C)c1.Cc1cccc(O)c1.Cc1cccc(S)c1.Oc1cccc(S)c1.Sc1ccccc1.Sc1ccccc1.Sc1ccccc1. The van der Waals surface area contributed by atoms with Gasteiger partial charge in [-0.25, -0.2) is 0 Å². The Hall–Kier alpha value is -4.11. The quantitative estimate of drug-likeness (QED) is 0.0776. The molecule has 0 spiro atoms. The fourth-order valence-corrected chi connectivity index (χ4v) is 4.86. The van der Waals surface area contributed by atoms with Crippen molar-refractivity contribution in [1.82, 2.24) is 0 Å². The number of hydrogen-bond acceptors (Lipinski definition) is 7. The molecule has 0 radical (unpaired) electrons. The maximum absolute atomic E-state index is 8.81. The van der Waals surface area contributed by atoms with E-state index in [-0.39, 0.29) is 5.75 Å². The van der Waals surface area contributed by atoms with Crippen LogP contribution in [0.4, 0.5) is 0 Å². The van der Waals surface area contributed by atoms with Crippen LogP contribution < -0.4 is 0 Å². The molecule has 0 fully saturated rings. The predicted octanol–water partition coefficient (Wildman–Crippen LogP) is 17.0. The van der Waals surface area contributed by atoms with Crippen molar-refractivity contribution in [2.24, 2.45) is 0 Å². The van der Waals surface area contributed by atoms with Gasteiger partial charge in [-0.15, -0.1) is 63.1 Å². The van der Waals surface area contributed by atoms with E-state index in [0.29, 0.717) is 5.75 Å². The molecule has 59 heavy (non-hydrogen) atoms. The van der Waals surface area contributed by atoms with E-state index in [1.54, 1.807) is 30.3 Å². The molecular weight excluding hydrogens is 817 g/mol. The predicted molar refractivity (Wildman–Crippen MR) is 278 cm³/mol. The Labute approximate surface area is 386 Å². The molecule has 0 saturated heterocycles. The third-order valence-corrected chi connectivity index (χ3v) is 7.73. The molecule has 0 heterocycles. The van der Waals surface area contributed by atoms with Gasteiger partial charge in [-0.3, -0.25) is 0 Å². The van der Waals surface area contributed by atoms with Crippen LogP contribution in [0, 0.1) is 27.7 Å². The highest BCUT2D eigenvalue weighted by molar-refractivity contribution is 7.81. The number of benzene rings is 7. The van der Waals surface area contributed by atoms with Gasteiger partial charge in [0.2, 0.25) is 0 Å². The van der Waals surface area contributed by atoms with Crippen molar-refractivity contribution in [2.75, 3.05) is 0 Å². The molecule has 0 bridgehead atoms. The average molecular weight is 885 g/mol. The summed E-state index contributed by atoms with van der Waals surface area (Å²) < 4.78 is 0. The number of phenols is 2. The second-order valence-electron chi connectivity index (χ2n) is 11.4. The largest absolute Gasteiger partial charge is 0.508 e. The lowest BCUT2D eigenvalue weighted by Gasteiger charge is -1.90. The van der Waals surface area contributed by atoms with E-state index >= 15 is 0 Å². The summed E-state index contributed by atoms with van der Waals surface area (Å²) in [5.74, 6) is 0.600. The Morgan fingerprint density at radius 2 is 0.492 bits per heavy atom. The zero-order valence-electron chi connectivity index (χ0n) is 36.5. The Morgan fingerprint density at radius 3 is 0.644 bits per heavy atom. The molecule has 7 aromatic rings. The molecule has 0 aliphatic rings. The van der Waals surface area contributed by atoms with Gasteiger partial charge in [-0.05, 0) is 112 Å². The van der Waals surface area contributed by atoms with Crippen LogP contribution in [0.15, 0.2) is 213 Å². The third-order valence-electron chi connectivity index (χ3n) is 6.28. The van der Waals surface area contributed by atoms with Gasteiger partial charge in [-0.2, -0.15) is 0 Å². The second kappa shape index (κ2) is 42.0. The standard InChI is InChI=1S/C8H10.C7H8O.C7H8S.C6H6OS.3C6H6S.3C2H6/c1-7-4-3-5-8(2)6-7;2*1-6-3-2-4-7(8)5-6;7-5-2-1-3-6(8)4-5;3*7-6-4-2-1-3-5-6;3*1-2/h3-6H,1-2H3;2*2-5,8H,1H3;1-4,7-8H;3*1-5,7H;3*1-2H3. The molecule has 318 valence electrons. The molecule has 0 unspecified atom stereocenters. The van der Waals surface area contributed by atoms with E-state index in [9.17, 15) is 0 Å². The number of phenolic OH excluding ortho intramolecular Hbond substituents is 2. The minimum atomic E-state index is 0.262. The van der Waals surface area contributed by atoms with Gasteiger partial charge in [0, 0.05) is 24.5 Å². The van der Waals surface area contributed by atoms with Crippen LogP contribution in [-0.4, -0.2) is 10.2 Å². The molecule has 2 N–H and O–H groups in total. The highest BCUT2D eigenvalue weighted by atomic mass is 32.1. The molecule has 0 aliphatic carbocycles. The molecule has 0 aromatic heterocycles. The minimum Gasteiger partial charge on any atom is -0.508 e. The summed E-state index contributed by atoms with van der Waals surface area (Å²) in [7, 11) is 0. The fourth-order valence-electron chi connectivity index (χ4n) is 3.84. The lowest BCUT2D eigenvalue weighted by molar-refractivity contribution is 0.473. The maximum atomic E-state index is 8.81. The fraction of sp³-hybridized carbons (Fsp3) is 0.192. The summed E-state index contributed by atoms with van der Waals surface area (Å²) in [4.78, 5) is 4.86. The summed E-state index contributed by atoms with van der Waals surface area (Å²) in [6.45, 7) is 20.2. The molecule has 0 aliphatic heterocycles. The lowest BCUT2D eigenvalue weighted by Crippen LogP contribution is -1.71. The van der Waals surface area contributed by atoms with Gasteiger partial charge >= 0.3 is 0 Å². The molecular formula is C52H68O2S5. The molecule has 0 atom stereocenters. The van der Waals surface area contributed by atoms with Gasteiger partial charge in [0.25, 0.3) is 0 Å². The molecule has 0 amide bonds. The summed E-state index contributed by atoms with van der Waals surface area (Å²) in [6, 6.07) is 59.8. The van der Waals surface area contributed by atoms with E-state index in [4.69, 9.17) is 10.2 Å². The Morgan fingerprint density at radius 1 is 0.254 bits per heavy atom. The maximum Gasteiger partial charge on any atom is 0.116 e. The Kier molecular flexibility index (Phi) is 42.2. The summed E-state index contributed by atoms with van der Waals surface area (Å²) in [5.41, 5.74) is 5.03. The number of thiol groups is 5. The van der Waals surface area contributed by atoms with Crippen LogP contribution in [0.3, 0.4) is 0 Å². The number of aryl methyl sites for hydroxylation is 4. The smallest absolute Gasteiger partial charge is 0.116 e. The zero-order valence-corrected chi connectivity index (χ0v) is 41.0.